The molecule has 0 aliphatic heterocycles. The minimum absolute atomic E-state index is 0.220. The van der Waals surface area contributed by atoms with Crippen molar-refractivity contribution in [2.75, 3.05) is 0 Å². The van der Waals surface area contributed by atoms with E-state index in [0.29, 0.717) is 12.1 Å². The molecular formula is C7H10N2O3. The van der Waals surface area contributed by atoms with Crippen LogP contribution in [0.3, 0.4) is 0 Å². The van der Waals surface area contributed by atoms with Crippen LogP contribution in [0.2, 0.25) is 0 Å². The van der Waals surface area contributed by atoms with Gasteiger partial charge in [0.1, 0.15) is 0 Å². The van der Waals surface area contributed by atoms with Crippen LogP contribution in [0.4, 0.5) is 0 Å². The van der Waals surface area contributed by atoms with Crippen molar-refractivity contribution in [3.63, 3.8) is 0 Å². The van der Waals surface area contributed by atoms with Crippen molar-refractivity contribution in [3.8, 4) is 0 Å². The van der Waals surface area contributed by atoms with Gasteiger partial charge in [-0.05, 0) is 6.92 Å². The standard InChI is InChI=1S/C7H10N2O3/c1-2-9-4-5(3-6(10)11)7(12)8-9/h4H,2-3H2,1H3,(H,8,12)(H,10,11). The highest BCUT2D eigenvalue weighted by Gasteiger charge is 2.06. The summed E-state index contributed by atoms with van der Waals surface area (Å²) in [6.07, 6.45) is 1.30. The summed E-state index contributed by atoms with van der Waals surface area (Å²) >= 11 is 0. The van der Waals surface area contributed by atoms with Crippen molar-refractivity contribution in [2.45, 2.75) is 19.9 Å². The second kappa shape index (κ2) is 3.25. The number of nitrogens with zero attached hydrogens (tertiary/aromatic N) is 1. The molecule has 0 saturated heterocycles. The second-order valence-corrected chi connectivity index (χ2v) is 2.45. The van der Waals surface area contributed by atoms with Gasteiger partial charge in [0.25, 0.3) is 5.56 Å². The zero-order valence-corrected chi connectivity index (χ0v) is 6.70. The summed E-state index contributed by atoms with van der Waals surface area (Å²) in [5, 5.41) is 10.9. The maximum Gasteiger partial charge on any atom is 0.308 e. The quantitative estimate of drug-likeness (QED) is 0.661. The third kappa shape index (κ3) is 1.75. The van der Waals surface area contributed by atoms with Crippen molar-refractivity contribution in [2.24, 2.45) is 0 Å². The van der Waals surface area contributed by atoms with Crippen LogP contribution in [0.1, 0.15) is 12.5 Å². The molecule has 1 rings (SSSR count). The van der Waals surface area contributed by atoms with Crippen molar-refractivity contribution in [3.05, 3.63) is 22.1 Å². The van der Waals surface area contributed by atoms with Crippen LogP contribution in [-0.2, 0) is 17.8 Å². The van der Waals surface area contributed by atoms with E-state index in [1.807, 2.05) is 6.92 Å². The minimum Gasteiger partial charge on any atom is -0.481 e. The minimum atomic E-state index is -0.991. The predicted molar refractivity (Wildman–Crippen MR) is 42.1 cm³/mol. The number of carboxylic acid groups (broad SMARTS) is 1. The van der Waals surface area contributed by atoms with Gasteiger partial charge in [-0.25, -0.2) is 0 Å². The first-order chi connectivity index (χ1) is 5.63. The summed E-state index contributed by atoms with van der Waals surface area (Å²) < 4.78 is 1.56. The lowest BCUT2D eigenvalue weighted by molar-refractivity contribution is -0.136. The number of carbonyl (C=O) groups is 1. The predicted octanol–water partition coefficient (Wildman–Crippen LogP) is -0.177. The Labute approximate surface area is 68.6 Å². The van der Waals surface area contributed by atoms with Crippen LogP contribution in [-0.4, -0.2) is 20.9 Å². The van der Waals surface area contributed by atoms with Crippen LogP contribution in [0.25, 0.3) is 0 Å². The molecule has 0 spiro atoms. The lowest BCUT2D eigenvalue weighted by atomic mass is 10.2. The van der Waals surface area contributed by atoms with Gasteiger partial charge < -0.3 is 5.11 Å². The van der Waals surface area contributed by atoms with E-state index < -0.39 is 5.97 Å². The summed E-state index contributed by atoms with van der Waals surface area (Å²) in [5.74, 6) is -0.991. The monoisotopic (exact) mass is 170 g/mol. The topological polar surface area (TPSA) is 75.1 Å². The molecule has 1 aromatic heterocycles. The summed E-state index contributed by atoms with van der Waals surface area (Å²) in [6.45, 7) is 2.50. The number of aryl methyl sites for hydroxylation is 1. The Morgan fingerprint density at radius 2 is 2.42 bits per heavy atom. The molecule has 0 unspecified atom stereocenters. The summed E-state index contributed by atoms with van der Waals surface area (Å²) in [6, 6.07) is 0. The fourth-order valence-electron chi connectivity index (χ4n) is 0.940. The number of H-pyrrole nitrogens is 1. The van der Waals surface area contributed by atoms with Crippen molar-refractivity contribution >= 4 is 5.97 Å². The Bertz CT molecular complexity index is 337. The molecule has 0 saturated carbocycles. The lowest BCUT2D eigenvalue weighted by Crippen LogP contribution is -2.11. The van der Waals surface area contributed by atoms with E-state index in [9.17, 15) is 9.59 Å². The van der Waals surface area contributed by atoms with Crippen LogP contribution in [0.5, 0.6) is 0 Å². The number of hydrogen-bond donors (Lipinski definition) is 2. The molecule has 0 radical (unpaired) electrons. The van der Waals surface area contributed by atoms with E-state index in [-0.39, 0.29) is 12.0 Å². The van der Waals surface area contributed by atoms with Crippen molar-refractivity contribution < 1.29 is 9.90 Å². The maximum atomic E-state index is 11.0. The highest BCUT2D eigenvalue weighted by atomic mass is 16.4. The Balaban J connectivity index is 2.92. The van der Waals surface area contributed by atoms with Crippen LogP contribution in [0, 0.1) is 0 Å². The SMILES string of the molecule is CCn1cc(CC(=O)O)c(=O)[nH]1. The van der Waals surface area contributed by atoms with Crippen LogP contribution < -0.4 is 5.56 Å². The molecule has 5 nitrogen and oxygen atoms in total. The van der Waals surface area contributed by atoms with E-state index in [0.717, 1.165) is 0 Å². The highest BCUT2D eigenvalue weighted by Crippen LogP contribution is 1.92. The number of aromatic amines is 1. The molecule has 0 aliphatic rings. The van der Waals surface area contributed by atoms with Gasteiger partial charge in [0.15, 0.2) is 0 Å². The Hall–Kier alpha value is -1.52. The number of aliphatic carboxylic acids is 1. The molecule has 0 aromatic carbocycles. The summed E-state index contributed by atoms with van der Waals surface area (Å²) in [5.41, 5.74) is -0.0244. The maximum absolute atomic E-state index is 11.0. The highest BCUT2D eigenvalue weighted by molar-refractivity contribution is 5.69. The lowest BCUT2D eigenvalue weighted by Gasteiger charge is -1.91. The van der Waals surface area contributed by atoms with E-state index in [1.54, 1.807) is 4.68 Å². The van der Waals surface area contributed by atoms with E-state index in [2.05, 4.69) is 5.10 Å². The largest absolute Gasteiger partial charge is 0.481 e. The van der Waals surface area contributed by atoms with Crippen molar-refractivity contribution in [1.29, 1.82) is 0 Å². The Morgan fingerprint density at radius 1 is 1.75 bits per heavy atom. The van der Waals surface area contributed by atoms with Crippen LogP contribution in [0.15, 0.2) is 11.0 Å². The molecule has 0 fully saturated rings. The number of carboxylic acids is 1. The summed E-state index contributed by atoms with van der Waals surface area (Å²) in [7, 11) is 0. The fraction of sp³-hybridized carbons (Fsp3) is 0.429. The van der Waals surface area contributed by atoms with Gasteiger partial charge in [-0.3, -0.25) is 19.4 Å². The van der Waals surface area contributed by atoms with Crippen molar-refractivity contribution in [1.82, 2.24) is 9.78 Å². The van der Waals surface area contributed by atoms with E-state index in [4.69, 9.17) is 5.11 Å². The molecule has 12 heavy (non-hydrogen) atoms. The summed E-state index contributed by atoms with van der Waals surface area (Å²) in [4.78, 5) is 21.3. The first-order valence-corrected chi connectivity index (χ1v) is 3.63. The van der Waals surface area contributed by atoms with Crippen LogP contribution >= 0.6 is 0 Å². The second-order valence-electron chi connectivity index (χ2n) is 2.45. The molecule has 5 heteroatoms. The molecule has 0 atom stereocenters. The van der Waals surface area contributed by atoms with Gasteiger partial charge in [-0.2, -0.15) is 0 Å². The average molecular weight is 170 g/mol. The van der Waals surface area contributed by atoms with Gasteiger partial charge in [0, 0.05) is 18.3 Å². The first-order valence-electron chi connectivity index (χ1n) is 3.63. The number of hydrogen-bond acceptors (Lipinski definition) is 2. The first kappa shape index (κ1) is 8.58. The number of aromatic nitrogens is 2. The fourth-order valence-corrected chi connectivity index (χ4v) is 0.940. The molecule has 2 N–H and O–H groups in total. The smallest absolute Gasteiger partial charge is 0.308 e. The zero-order valence-electron chi connectivity index (χ0n) is 6.70. The van der Waals surface area contributed by atoms with Gasteiger partial charge in [-0.15, -0.1) is 0 Å². The molecule has 0 bridgehead atoms. The zero-order chi connectivity index (χ0) is 9.14. The molecule has 0 aliphatic carbocycles. The molecular weight excluding hydrogens is 160 g/mol. The Morgan fingerprint density at radius 3 is 2.83 bits per heavy atom. The van der Waals surface area contributed by atoms with Gasteiger partial charge in [0.2, 0.25) is 0 Å². The molecule has 66 valence electrons. The third-order valence-electron chi connectivity index (χ3n) is 1.53. The average Bonchev–Trinajstić information content (AvgIpc) is 2.31. The van der Waals surface area contributed by atoms with E-state index >= 15 is 0 Å². The number of nitrogens with one attached hydrogen (secondary N) is 1. The normalized spacial score (nSPS) is 10.1. The molecule has 1 heterocycles. The Kier molecular flexibility index (Phi) is 2.32. The van der Waals surface area contributed by atoms with Gasteiger partial charge >= 0.3 is 5.97 Å². The van der Waals surface area contributed by atoms with E-state index in [1.165, 1.54) is 6.20 Å². The molecule has 0 amide bonds. The third-order valence-corrected chi connectivity index (χ3v) is 1.53. The molecule has 1 aromatic rings. The number of rotatable bonds is 3. The van der Waals surface area contributed by atoms with Gasteiger partial charge in [-0.1, -0.05) is 0 Å². The van der Waals surface area contributed by atoms with Gasteiger partial charge in [0.05, 0.1) is 6.42 Å².